The van der Waals surface area contributed by atoms with Crippen molar-refractivity contribution in [1.82, 2.24) is 25.0 Å². The van der Waals surface area contributed by atoms with Crippen LogP contribution in [0.1, 0.15) is 47.4 Å². The number of carbonyl (C=O) groups excluding carboxylic acids is 1. The number of aromatic nitrogens is 4. The van der Waals surface area contributed by atoms with E-state index in [2.05, 4.69) is 20.1 Å². The molecule has 0 saturated carbocycles. The Balaban J connectivity index is 1.20. The van der Waals surface area contributed by atoms with Gasteiger partial charge in [-0.2, -0.15) is 4.98 Å². The van der Waals surface area contributed by atoms with Gasteiger partial charge < -0.3 is 25.0 Å². The molecule has 0 radical (unpaired) electrons. The molecule has 1 aromatic carbocycles. The Labute approximate surface area is 217 Å². The van der Waals surface area contributed by atoms with Crippen molar-refractivity contribution in [2.75, 3.05) is 43.0 Å². The summed E-state index contributed by atoms with van der Waals surface area (Å²) in [4.78, 5) is 31.6. The second-order valence-corrected chi connectivity index (χ2v) is 9.72. The van der Waals surface area contributed by atoms with Crippen LogP contribution in [0, 0.1) is 17.5 Å². The Bertz CT molecular complexity index is 1300. The minimum Gasteiger partial charge on any atom is -0.339 e. The van der Waals surface area contributed by atoms with E-state index in [1.54, 1.807) is 16.8 Å². The van der Waals surface area contributed by atoms with Gasteiger partial charge >= 0.3 is 6.01 Å². The fraction of sp³-hybridized carbons (Fsp3) is 0.480. The lowest BCUT2D eigenvalue weighted by Crippen LogP contribution is -2.45. The molecule has 2 aromatic heterocycles. The Kier molecular flexibility index (Phi) is 7.19. The maximum atomic E-state index is 14.3. The number of nitrogens with zero attached hydrogens (tertiary/aromatic N) is 7. The molecule has 10 nitrogen and oxygen atoms in total. The van der Waals surface area contributed by atoms with Gasteiger partial charge in [0.15, 0.2) is 17.5 Å². The maximum absolute atomic E-state index is 14.3. The fourth-order valence-corrected chi connectivity index (χ4v) is 5.07. The Hall–Kier alpha value is -3.74. The van der Waals surface area contributed by atoms with E-state index < -0.39 is 29.4 Å². The molecule has 3 aromatic rings. The number of benzene rings is 1. The highest BCUT2D eigenvalue weighted by Crippen LogP contribution is 2.31. The van der Waals surface area contributed by atoms with Crippen LogP contribution in [0.25, 0.3) is 0 Å². The molecule has 0 unspecified atom stereocenters. The first-order chi connectivity index (χ1) is 18.2. The second kappa shape index (κ2) is 10.6. The summed E-state index contributed by atoms with van der Waals surface area (Å²) in [6.45, 7) is 3.88. The number of hydrogen-bond donors (Lipinski definition) is 1. The normalized spacial score (nSPS) is 20.3. The van der Waals surface area contributed by atoms with Crippen molar-refractivity contribution in [2.45, 2.75) is 44.2 Å². The van der Waals surface area contributed by atoms with Crippen molar-refractivity contribution >= 4 is 17.9 Å². The molecule has 5 rings (SSSR count). The van der Waals surface area contributed by atoms with Gasteiger partial charge in [0.2, 0.25) is 5.95 Å². The molecule has 0 aliphatic carbocycles. The summed E-state index contributed by atoms with van der Waals surface area (Å²) >= 11 is 0. The molecule has 2 fully saturated rings. The van der Waals surface area contributed by atoms with Crippen LogP contribution in [0.2, 0.25) is 0 Å². The van der Waals surface area contributed by atoms with Gasteiger partial charge in [0, 0.05) is 76.1 Å². The number of amides is 1. The van der Waals surface area contributed by atoms with Crippen molar-refractivity contribution in [3.8, 4) is 0 Å². The molecule has 1 amide bonds. The Morgan fingerprint density at radius 1 is 1.08 bits per heavy atom. The zero-order chi connectivity index (χ0) is 27.0. The Morgan fingerprint density at radius 2 is 1.76 bits per heavy atom. The van der Waals surface area contributed by atoms with E-state index in [1.807, 2.05) is 11.8 Å². The number of anilines is 2. The van der Waals surface area contributed by atoms with E-state index in [4.69, 9.17) is 10.3 Å². The molecule has 2 aliphatic heterocycles. The standard InChI is InChI=1S/C25H29F3N8O2/c1-3-22-32-25(38-33-22)35-6-4-15(5-7-35)34(2)23(37)14-10-30-24(31-11-14)36-12-17(21(29)13-36)16-8-19(27)20(28)9-18(16)26/h8-11,15,17,21H,3-7,12-13,29H2,1-2H3/t17-,21+/m1/s1. The molecular formula is C25H29F3N8O2. The van der Waals surface area contributed by atoms with Gasteiger partial charge in [-0.3, -0.25) is 4.79 Å². The molecule has 202 valence electrons. The van der Waals surface area contributed by atoms with E-state index >= 15 is 0 Å². The van der Waals surface area contributed by atoms with Crippen LogP contribution in [0.5, 0.6) is 0 Å². The summed E-state index contributed by atoms with van der Waals surface area (Å²) < 4.78 is 46.7. The molecule has 38 heavy (non-hydrogen) atoms. The highest BCUT2D eigenvalue weighted by atomic mass is 19.2. The largest absolute Gasteiger partial charge is 0.339 e. The lowest BCUT2D eigenvalue weighted by molar-refractivity contribution is 0.0707. The van der Waals surface area contributed by atoms with Crippen LogP contribution in [0.4, 0.5) is 25.1 Å². The molecule has 0 bridgehead atoms. The summed E-state index contributed by atoms with van der Waals surface area (Å²) in [5, 5.41) is 3.94. The molecule has 0 spiro atoms. The van der Waals surface area contributed by atoms with Gasteiger partial charge in [-0.25, -0.2) is 23.1 Å². The SMILES string of the molecule is CCc1noc(N2CCC(N(C)C(=O)c3cnc(N4C[C@H](c5cc(F)c(F)cc5F)[C@@H](N)C4)nc3)CC2)n1. The molecular weight excluding hydrogens is 501 g/mol. The average Bonchev–Trinajstić information content (AvgIpc) is 3.57. The van der Waals surface area contributed by atoms with Gasteiger partial charge in [0.1, 0.15) is 5.82 Å². The minimum atomic E-state index is -1.24. The van der Waals surface area contributed by atoms with Crippen molar-refractivity contribution < 1.29 is 22.5 Å². The number of carbonyl (C=O) groups is 1. The summed E-state index contributed by atoms with van der Waals surface area (Å²) in [6, 6.07) is 1.40. The molecule has 2 atom stereocenters. The molecule has 2 aliphatic rings. The number of piperidine rings is 1. The zero-order valence-electron chi connectivity index (χ0n) is 21.1. The first-order valence-corrected chi connectivity index (χ1v) is 12.6. The quantitative estimate of drug-likeness (QED) is 0.480. The van der Waals surface area contributed by atoms with Gasteiger partial charge in [-0.05, 0) is 24.5 Å². The van der Waals surface area contributed by atoms with Gasteiger partial charge in [-0.1, -0.05) is 12.1 Å². The minimum absolute atomic E-state index is 0.0169. The first-order valence-electron chi connectivity index (χ1n) is 12.6. The monoisotopic (exact) mass is 530 g/mol. The highest BCUT2D eigenvalue weighted by molar-refractivity contribution is 5.93. The number of hydrogen-bond acceptors (Lipinski definition) is 9. The molecule has 13 heteroatoms. The smallest absolute Gasteiger partial charge is 0.324 e. The van der Waals surface area contributed by atoms with Crippen molar-refractivity contribution in [3.63, 3.8) is 0 Å². The number of nitrogens with two attached hydrogens (primary N) is 1. The van der Waals surface area contributed by atoms with E-state index in [9.17, 15) is 18.0 Å². The third kappa shape index (κ3) is 5.02. The van der Waals surface area contributed by atoms with Crippen LogP contribution in [0.15, 0.2) is 29.0 Å². The molecule has 2 N–H and O–H groups in total. The average molecular weight is 531 g/mol. The molecule has 2 saturated heterocycles. The predicted molar refractivity (Wildman–Crippen MR) is 132 cm³/mol. The predicted octanol–water partition coefficient (Wildman–Crippen LogP) is 2.51. The zero-order valence-corrected chi connectivity index (χ0v) is 21.1. The van der Waals surface area contributed by atoms with Gasteiger partial charge in [0.25, 0.3) is 5.91 Å². The number of aryl methyl sites for hydroxylation is 1. The van der Waals surface area contributed by atoms with Crippen LogP contribution in [0.3, 0.4) is 0 Å². The van der Waals surface area contributed by atoms with Crippen LogP contribution < -0.4 is 15.5 Å². The number of rotatable bonds is 6. The van der Waals surface area contributed by atoms with E-state index in [0.717, 1.165) is 18.9 Å². The topological polar surface area (TPSA) is 118 Å². The maximum Gasteiger partial charge on any atom is 0.324 e. The van der Waals surface area contributed by atoms with Crippen LogP contribution in [-0.2, 0) is 6.42 Å². The Morgan fingerprint density at radius 3 is 2.42 bits per heavy atom. The second-order valence-electron chi connectivity index (χ2n) is 9.72. The van der Waals surface area contributed by atoms with Crippen LogP contribution in [-0.4, -0.2) is 76.2 Å². The molecule has 4 heterocycles. The van der Waals surface area contributed by atoms with E-state index in [1.165, 1.54) is 12.4 Å². The summed E-state index contributed by atoms with van der Waals surface area (Å²) in [6.07, 6.45) is 5.11. The van der Waals surface area contributed by atoms with Crippen LogP contribution >= 0.6 is 0 Å². The summed E-state index contributed by atoms with van der Waals surface area (Å²) in [5.41, 5.74) is 6.55. The lowest BCUT2D eigenvalue weighted by atomic mass is 9.94. The van der Waals surface area contributed by atoms with Crippen molar-refractivity contribution in [3.05, 3.63) is 58.9 Å². The van der Waals surface area contributed by atoms with E-state index in [-0.39, 0.29) is 24.1 Å². The van der Waals surface area contributed by atoms with Gasteiger partial charge in [0.05, 0.1) is 5.56 Å². The summed E-state index contributed by atoms with van der Waals surface area (Å²) in [5.74, 6) is -2.98. The lowest BCUT2D eigenvalue weighted by Gasteiger charge is -2.35. The van der Waals surface area contributed by atoms with Gasteiger partial charge in [-0.15, -0.1) is 0 Å². The first kappa shape index (κ1) is 25.9. The van der Waals surface area contributed by atoms with Crippen molar-refractivity contribution in [1.29, 1.82) is 0 Å². The van der Waals surface area contributed by atoms with Crippen molar-refractivity contribution in [2.24, 2.45) is 5.73 Å². The number of halogens is 3. The fourth-order valence-electron chi connectivity index (χ4n) is 5.07. The van der Waals surface area contributed by atoms with E-state index in [0.29, 0.717) is 55.5 Å². The third-order valence-corrected chi connectivity index (χ3v) is 7.35. The summed E-state index contributed by atoms with van der Waals surface area (Å²) in [7, 11) is 1.76. The third-order valence-electron chi connectivity index (χ3n) is 7.35. The highest BCUT2D eigenvalue weighted by Gasteiger charge is 2.35.